The molecule has 0 saturated heterocycles. The topological polar surface area (TPSA) is 101 Å². The summed E-state index contributed by atoms with van der Waals surface area (Å²) in [6.45, 7) is 6.01. The smallest absolute Gasteiger partial charge is 0.342 e. The number of hydrogen-bond acceptors (Lipinski definition) is 5. The highest BCUT2D eigenvalue weighted by molar-refractivity contribution is 5.90. The van der Waals surface area contributed by atoms with Gasteiger partial charge in [0.25, 0.3) is 11.9 Å². The zero-order valence-electron chi connectivity index (χ0n) is 17.8. The van der Waals surface area contributed by atoms with Crippen molar-refractivity contribution < 1.29 is 18.0 Å². The molecule has 168 valence electrons. The Morgan fingerprint density at radius 3 is 2.78 bits per heavy atom. The van der Waals surface area contributed by atoms with Crippen molar-refractivity contribution in [2.75, 3.05) is 0 Å². The third-order valence-electron chi connectivity index (χ3n) is 6.50. The summed E-state index contributed by atoms with van der Waals surface area (Å²) in [7, 11) is 0. The van der Waals surface area contributed by atoms with Crippen molar-refractivity contribution in [3.8, 4) is 5.95 Å². The molecule has 2 N–H and O–H groups in total. The summed E-state index contributed by atoms with van der Waals surface area (Å²) >= 11 is 0. The van der Waals surface area contributed by atoms with Gasteiger partial charge in [-0.2, -0.15) is 22.8 Å². The molecule has 0 saturated carbocycles. The normalized spacial score (nSPS) is 21.4. The summed E-state index contributed by atoms with van der Waals surface area (Å²) in [6.07, 6.45) is -1.69. The molecule has 2 aliphatic carbocycles. The molecule has 5 rings (SSSR count). The van der Waals surface area contributed by atoms with Crippen molar-refractivity contribution in [1.82, 2.24) is 35.3 Å². The number of alkyl halides is 3. The van der Waals surface area contributed by atoms with E-state index in [1.165, 1.54) is 18.1 Å². The number of aromatic nitrogens is 6. The highest BCUT2D eigenvalue weighted by atomic mass is 19.4. The average Bonchev–Trinajstić information content (AvgIpc) is 3.43. The van der Waals surface area contributed by atoms with Crippen molar-refractivity contribution in [1.29, 1.82) is 0 Å². The van der Waals surface area contributed by atoms with Crippen LogP contribution in [0.3, 0.4) is 0 Å². The number of aryl methyl sites for hydroxylation is 1. The molecule has 2 heterocycles. The van der Waals surface area contributed by atoms with E-state index < -0.39 is 17.9 Å². The molecule has 0 radical (unpaired) electrons. The van der Waals surface area contributed by atoms with Crippen LogP contribution in [0.2, 0.25) is 0 Å². The third-order valence-corrected chi connectivity index (χ3v) is 6.50. The Bertz CT molecular complexity index is 1210. The number of carbonyl (C=O) groups is 1. The summed E-state index contributed by atoms with van der Waals surface area (Å²) in [5.74, 6) is -1.59. The van der Waals surface area contributed by atoms with E-state index >= 15 is 0 Å². The maximum atomic E-state index is 12.9. The summed E-state index contributed by atoms with van der Waals surface area (Å²) in [5.41, 5.74) is 3.90. The molecule has 0 bridgehead atoms. The van der Waals surface area contributed by atoms with Crippen LogP contribution < -0.4 is 5.32 Å². The fraction of sp³-hybridized carbons (Fsp3) is 0.476. The molecule has 0 aliphatic heterocycles. The number of aromatic amines is 1. The van der Waals surface area contributed by atoms with Gasteiger partial charge < -0.3 is 5.32 Å². The zero-order valence-corrected chi connectivity index (χ0v) is 17.8. The van der Waals surface area contributed by atoms with Crippen LogP contribution >= 0.6 is 0 Å². The predicted octanol–water partition coefficient (Wildman–Crippen LogP) is 3.74. The zero-order chi connectivity index (χ0) is 22.8. The van der Waals surface area contributed by atoms with Gasteiger partial charge in [-0.15, -0.1) is 10.2 Å². The van der Waals surface area contributed by atoms with Gasteiger partial charge in [0.15, 0.2) is 0 Å². The molecule has 11 heteroatoms. The number of nitrogens with zero attached hydrogens (tertiary/aromatic N) is 5. The number of halogens is 3. The highest BCUT2D eigenvalue weighted by Crippen LogP contribution is 2.52. The Morgan fingerprint density at radius 1 is 1.28 bits per heavy atom. The second-order valence-electron chi connectivity index (χ2n) is 9.07. The molecule has 1 aromatic carbocycles. The first-order chi connectivity index (χ1) is 15.0. The first-order valence-electron chi connectivity index (χ1n) is 10.4. The number of hydrogen-bond donors (Lipinski definition) is 2. The van der Waals surface area contributed by atoms with Crippen molar-refractivity contribution in [2.45, 2.75) is 63.6 Å². The maximum Gasteiger partial charge on any atom is 0.451 e. The first-order valence-corrected chi connectivity index (χ1v) is 10.4. The number of rotatable bonds is 3. The Morgan fingerprint density at radius 2 is 2.06 bits per heavy atom. The fourth-order valence-electron chi connectivity index (χ4n) is 4.90. The summed E-state index contributed by atoms with van der Waals surface area (Å²) in [6, 6.07) is 6.09. The number of nitrogens with one attached hydrogen (secondary N) is 2. The van der Waals surface area contributed by atoms with Crippen LogP contribution in [-0.2, 0) is 11.6 Å². The van der Waals surface area contributed by atoms with Crippen LogP contribution in [0, 0.1) is 6.92 Å². The van der Waals surface area contributed by atoms with Gasteiger partial charge in [-0.3, -0.25) is 9.89 Å². The molecule has 0 fully saturated rings. The van der Waals surface area contributed by atoms with Crippen LogP contribution in [0.25, 0.3) is 5.95 Å². The monoisotopic (exact) mass is 445 g/mol. The molecule has 0 spiro atoms. The Hall–Kier alpha value is -3.24. The minimum atomic E-state index is -4.66. The summed E-state index contributed by atoms with van der Waals surface area (Å²) < 4.78 is 39.4. The number of H-pyrrole nitrogens is 1. The van der Waals surface area contributed by atoms with E-state index in [9.17, 15) is 18.0 Å². The van der Waals surface area contributed by atoms with Gasteiger partial charge in [0.05, 0.1) is 6.04 Å². The van der Waals surface area contributed by atoms with Gasteiger partial charge in [0.2, 0.25) is 11.6 Å². The summed E-state index contributed by atoms with van der Waals surface area (Å²) in [4.78, 5) is 20.4. The molecule has 2 aromatic heterocycles. The van der Waals surface area contributed by atoms with E-state index in [-0.39, 0.29) is 29.1 Å². The molecular formula is C21H22F3N7O. The van der Waals surface area contributed by atoms with Crippen molar-refractivity contribution in [2.24, 2.45) is 0 Å². The van der Waals surface area contributed by atoms with E-state index in [1.807, 2.05) is 11.2 Å². The molecule has 2 unspecified atom stereocenters. The Kier molecular flexibility index (Phi) is 4.44. The van der Waals surface area contributed by atoms with Gasteiger partial charge in [-0.05, 0) is 54.2 Å². The van der Waals surface area contributed by atoms with Crippen LogP contribution in [0.15, 0.2) is 18.2 Å². The maximum absolute atomic E-state index is 12.9. The number of benzene rings is 1. The Balaban J connectivity index is 1.39. The van der Waals surface area contributed by atoms with Crippen molar-refractivity contribution >= 4 is 5.91 Å². The predicted molar refractivity (Wildman–Crippen MR) is 107 cm³/mol. The van der Waals surface area contributed by atoms with Gasteiger partial charge in [0, 0.05) is 0 Å². The lowest BCUT2D eigenvalue weighted by atomic mass is 9.69. The quantitative estimate of drug-likeness (QED) is 0.640. The third kappa shape index (κ3) is 3.26. The van der Waals surface area contributed by atoms with Gasteiger partial charge in [-0.25, -0.2) is 4.98 Å². The standard InChI is InChI=1S/C21H22F3N7O/c1-10-25-16(30-31(10)19-27-18(28-29-19)21(22,23)24)17(32)26-14-9-11-7-8-20(2,3)13-6-4-5-12(14)15(11)13/h4-6,11,14H,7-9H2,1-3H3,(H,26,32)(H,27,28,29). The lowest BCUT2D eigenvalue weighted by Gasteiger charge is -2.35. The minimum Gasteiger partial charge on any atom is -0.342 e. The van der Waals surface area contributed by atoms with E-state index in [0.29, 0.717) is 5.92 Å². The lowest BCUT2D eigenvalue weighted by Crippen LogP contribution is -2.28. The van der Waals surface area contributed by atoms with Crippen LogP contribution in [-0.4, -0.2) is 35.9 Å². The fourth-order valence-corrected chi connectivity index (χ4v) is 4.90. The second kappa shape index (κ2) is 6.88. The van der Waals surface area contributed by atoms with Crippen LogP contribution in [0.4, 0.5) is 13.2 Å². The Labute approximate surface area is 181 Å². The van der Waals surface area contributed by atoms with Gasteiger partial charge in [0.1, 0.15) is 5.82 Å². The lowest BCUT2D eigenvalue weighted by molar-refractivity contribution is -0.144. The largest absolute Gasteiger partial charge is 0.451 e. The SMILES string of the molecule is Cc1nc(C(=O)NC2CC3CCC(C)(C)c4cccc2c43)nn1-c1n[nH]c(C(F)(F)F)n1. The minimum absolute atomic E-state index is 0.101. The highest BCUT2D eigenvalue weighted by Gasteiger charge is 2.41. The van der Waals surface area contributed by atoms with Crippen molar-refractivity contribution in [3.63, 3.8) is 0 Å². The second-order valence-corrected chi connectivity index (χ2v) is 9.07. The molecule has 3 aromatic rings. The van der Waals surface area contributed by atoms with E-state index in [0.717, 1.165) is 29.5 Å². The first kappa shape index (κ1) is 20.7. The van der Waals surface area contributed by atoms with Gasteiger partial charge >= 0.3 is 6.18 Å². The molecule has 8 nitrogen and oxygen atoms in total. The van der Waals surface area contributed by atoms with E-state index in [1.54, 1.807) is 0 Å². The number of amides is 1. The summed E-state index contributed by atoms with van der Waals surface area (Å²) in [5, 5.41) is 12.4. The average molecular weight is 445 g/mol. The molecular weight excluding hydrogens is 423 g/mol. The van der Waals surface area contributed by atoms with Crippen LogP contribution in [0.5, 0.6) is 0 Å². The molecule has 2 aliphatic rings. The molecule has 32 heavy (non-hydrogen) atoms. The van der Waals surface area contributed by atoms with Crippen LogP contribution in [0.1, 0.15) is 84.0 Å². The van der Waals surface area contributed by atoms with E-state index in [4.69, 9.17) is 0 Å². The van der Waals surface area contributed by atoms with Gasteiger partial charge in [-0.1, -0.05) is 32.0 Å². The molecule has 2 atom stereocenters. The van der Waals surface area contributed by atoms with Crippen molar-refractivity contribution in [3.05, 3.63) is 52.4 Å². The van der Waals surface area contributed by atoms with E-state index in [2.05, 4.69) is 51.5 Å². The number of carbonyl (C=O) groups excluding carboxylic acids is 1. The molecule has 1 amide bonds.